The maximum absolute atomic E-state index is 11.8. The van der Waals surface area contributed by atoms with Crippen LogP contribution in [0.4, 0.5) is 0 Å². The fourth-order valence-corrected chi connectivity index (χ4v) is 1.47. The van der Waals surface area contributed by atoms with Crippen molar-refractivity contribution in [2.75, 3.05) is 0 Å². The van der Waals surface area contributed by atoms with E-state index in [0.29, 0.717) is 5.56 Å². The Morgan fingerprint density at radius 1 is 1.12 bits per heavy atom. The van der Waals surface area contributed by atoms with E-state index in [9.17, 15) is 14.4 Å². The molecule has 0 heterocycles. The number of ketones is 2. The van der Waals surface area contributed by atoms with E-state index >= 15 is 0 Å². The Morgan fingerprint density at radius 2 is 1.71 bits per heavy atom. The molecular formula is C13H14O4. The molecule has 0 spiro atoms. The Labute approximate surface area is 99.3 Å². The first-order valence-electron chi connectivity index (χ1n) is 5.27. The average Bonchev–Trinajstić information content (AvgIpc) is 2.26. The SMILES string of the molecule is CC(=O)c1ccc(C(=O)C(C)C)c(C(=O)O)c1. The van der Waals surface area contributed by atoms with Crippen LogP contribution in [0.5, 0.6) is 0 Å². The second-order valence-corrected chi connectivity index (χ2v) is 4.14. The molecule has 17 heavy (non-hydrogen) atoms. The molecule has 0 aliphatic heterocycles. The summed E-state index contributed by atoms with van der Waals surface area (Å²) in [5.74, 6) is -1.94. The lowest BCUT2D eigenvalue weighted by molar-refractivity contribution is 0.0690. The topological polar surface area (TPSA) is 71.4 Å². The fraction of sp³-hybridized carbons (Fsp3) is 0.308. The smallest absolute Gasteiger partial charge is 0.336 e. The van der Waals surface area contributed by atoms with Crippen molar-refractivity contribution in [1.29, 1.82) is 0 Å². The quantitative estimate of drug-likeness (QED) is 0.812. The summed E-state index contributed by atoms with van der Waals surface area (Å²) < 4.78 is 0. The number of hydrogen-bond donors (Lipinski definition) is 1. The van der Waals surface area contributed by atoms with Crippen LogP contribution >= 0.6 is 0 Å². The summed E-state index contributed by atoms with van der Waals surface area (Å²) in [6.45, 7) is 4.75. The Morgan fingerprint density at radius 3 is 2.12 bits per heavy atom. The van der Waals surface area contributed by atoms with Gasteiger partial charge in [-0.3, -0.25) is 9.59 Å². The molecule has 0 aliphatic rings. The van der Waals surface area contributed by atoms with Gasteiger partial charge in [0.15, 0.2) is 11.6 Å². The highest BCUT2D eigenvalue weighted by Crippen LogP contribution is 2.17. The maximum atomic E-state index is 11.8. The average molecular weight is 234 g/mol. The summed E-state index contributed by atoms with van der Waals surface area (Å²) in [4.78, 5) is 34.0. The lowest BCUT2D eigenvalue weighted by Crippen LogP contribution is -2.14. The molecule has 0 bridgehead atoms. The number of carbonyl (C=O) groups excluding carboxylic acids is 2. The van der Waals surface area contributed by atoms with Gasteiger partial charge in [0, 0.05) is 17.0 Å². The molecule has 90 valence electrons. The highest BCUT2D eigenvalue weighted by atomic mass is 16.4. The van der Waals surface area contributed by atoms with Gasteiger partial charge in [-0.25, -0.2) is 4.79 Å². The third-order valence-electron chi connectivity index (χ3n) is 2.45. The summed E-state index contributed by atoms with van der Waals surface area (Å²) >= 11 is 0. The molecule has 0 saturated carbocycles. The Bertz CT molecular complexity index is 486. The lowest BCUT2D eigenvalue weighted by Gasteiger charge is -2.08. The van der Waals surface area contributed by atoms with E-state index in [2.05, 4.69) is 0 Å². The van der Waals surface area contributed by atoms with E-state index in [1.807, 2.05) is 0 Å². The standard InChI is InChI=1S/C13H14O4/c1-7(2)12(15)10-5-4-9(8(3)14)6-11(10)13(16)17/h4-7H,1-3H3,(H,16,17). The summed E-state index contributed by atoms with van der Waals surface area (Å²) in [5.41, 5.74) is 0.330. The zero-order chi connectivity index (χ0) is 13.2. The lowest BCUT2D eigenvalue weighted by atomic mass is 9.94. The van der Waals surface area contributed by atoms with Gasteiger partial charge in [-0.15, -0.1) is 0 Å². The van der Waals surface area contributed by atoms with Crippen LogP contribution in [0.15, 0.2) is 18.2 Å². The monoisotopic (exact) mass is 234 g/mol. The Hall–Kier alpha value is -1.97. The minimum absolute atomic E-state index is 0.114. The molecule has 0 fully saturated rings. The van der Waals surface area contributed by atoms with Crippen LogP contribution < -0.4 is 0 Å². The van der Waals surface area contributed by atoms with E-state index in [0.717, 1.165) is 0 Å². The van der Waals surface area contributed by atoms with Crippen LogP contribution in [-0.4, -0.2) is 22.6 Å². The third-order valence-corrected chi connectivity index (χ3v) is 2.45. The van der Waals surface area contributed by atoms with E-state index in [-0.39, 0.29) is 28.6 Å². The number of rotatable bonds is 4. The predicted molar refractivity (Wildman–Crippen MR) is 62.6 cm³/mol. The van der Waals surface area contributed by atoms with Gasteiger partial charge in [-0.05, 0) is 19.1 Å². The van der Waals surface area contributed by atoms with Gasteiger partial charge in [-0.1, -0.05) is 19.9 Å². The highest BCUT2D eigenvalue weighted by Gasteiger charge is 2.19. The van der Waals surface area contributed by atoms with Gasteiger partial charge in [0.1, 0.15) is 0 Å². The molecule has 1 aromatic carbocycles. The first-order chi connectivity index (χ1) is 7.84. The number of carboxylic acid groups (broad SMARTS) is 1. The summed E-state index contributed by atoms with van der Waals surface area (Å²) in [5, 5.41) is 9.04. The summed E-state index contributed by atoms with van der Waals surface area (Å²) in [7, 11) is 0. The van der Waals surface area contributed by atoms with Crippen LogP contribution in [0.3, 0.4) is 0 Å². The predicted octanol–water partition coefficient (Wildman–Crippen LogP) is 2.43. The molecule has 1 rings (SSSR count). The number of aromatic carboxylic acids is 1. The molecule has 0 radical (unpaired) electrons. The van der Waals surface area contributed by atoms with E-state index in [1.165, 1.54) is 25.1 Å². The van der Waals surface area contributed by atoms with Gasteiger partial charge in [-0.2, -0.15) is 0 Å². The Kier molecular flexibility index (Phi) is 3.78. The number of benzene rings is 1. The molecule has 4 nitrogen and oxygen atoms in total. The van der Waals surface area contributed by atoms with Crippen molar-refractivity contribution in [2.24, 2.45) is 5.92 Å². The zero-order valence-corrected chi connectivity index (χ0v) is 9.98. The van der Waals surface area contributed by atoms with E-state index in [1.54, 1.807) is 13.8 Å². The minimum Gasteiger partial charge on any atom is -0.478 e. The normalized spacial score (nSPS) is 10.4. The molecule has 4 heteroatoms. The second-order valence-electron chi connectivity index (χ2n) is 4.14. The molecule has 1 aromatic rings. The third kappa shape index (κ3) is 2.78. The van der Waals surface area contributed by atoms with Crippen LogP contribution in [-0.2, 0) is 0 Å². The van der Waals surface area contributed by atoms with Crippen LogP contribution in [0, 0.1) is 5.92 Å². The molecule has 0 amide bonds. The van der Waals surface area contributed by atoms with Crippen LogP contribution in [0.2, 0.25) is 0 Å². The highest BCUT2D eigenvalue weighted by molar-refractivity contribution is 6.08. The van der Waals surface area contributed by atoms with Crippen LogP contribution in [0.1, 0.15) is 51.8 Å². The maximum Gasteiger partial charge on any atom is 0.336 e. The van der Waals surface area contributed by atoms with Gasteiger partial charge in [0.25, 0.3) is 0 Å². The van der Waals surface area contributed by atoms with E-state index in [4.69, 9.17) is 5.11 Å². The zero-order valence-electron chi connectivity index (χ0n) is 9.98. The molecule has 0 aliphatic carbocycles. The number of Topliss-reactive ketones (excluding diaryl/α,β-unsaturated/α-hetero) is 2. The molecule has 0 atom stereocenters. The minimum atomic E-state index is -1.20. The fourth-order valence-electron chi connectivity index (χ4n) is 1.47. The molecule has 0 aromatic heterocycles. The molecule has 1 N–H and O–H groups in total. The van der Waals surface area contributed by atoms with Crippen molar-refractivity contribution in [2.45, 2.75) is 20.8 Å². The first kappa shape index (κ1) is 13.1. The number of carbonyl (C=O) groups is 3. The van der Waals surface area contributed by atoms with Crippen molar-refractivity contribution in [3.8, 4) is 0 Å². The van der Waals surface area contributed by atoms with Crippen molar-refractivity contribution in [3.63, 3.8) is 0 Å². The first-order valence-corrected chi connectivity index (χ1v) is 5.27. The van der Waals surface area contributed by atoms with Crippen LogP contribution in [0.25, 0.3) is 0 Å². The largest absolute Gasteiger partial charge is 0.478 e. The second kappa shape index (κ2) is 4.91. The van der Waals surface area contributed by atoms with Crippen molar-refractivity contribution in [3.05, 3.63) is 34.9 Å². The van der Waals surface area contributed by atoms with Crippen molar-refractivity contribution in [1.82, 2.24) is 0 Å². The summed E-state index contributed by atoms with van der Waals surface area (Å²) in [6.07, 6.45) is 0. The Balaban J connectivity index is 3.37. The summed E-state index contributed by atoms with van der Waals surface area (Å²) in [6, 6.07) is 4.13. The van der Waals surface area contributed by atoms with Crippen molar-refractivity contribution < 1.29 is 19.5 Å². The number of hydrogen-bond acceptors (Lipinski definition) is 3. The van der Waals surface area contributed by atoms with Gasteiger partial charge in [0.05, 0.1) is 5.56 Å². The van der Waals surface area contributed by atoms with E-state index < -0.39 is 5.97 Å². The van der Waals surface area contributed by atoms with Gasteiger partial charge in [0.2, 0.25) is 0 Å². The number of carboxylic acids is 1. The molecule has 0 unspecified atom stereocenters. The van der Waals surface area contributed by atoms with Gasteiger partial charge < -0.3 is 5.11 Å². The van der Waals surface area contributed by atoms with Gasteiger partial charge >= 0.3 is 5.97 Å². The van der Waals surface area contributed by atoms with Crippen molar-refractivity contribution >= 4 is 17.5 Å². The molecule has 0 saturated heterocycles. The molecular weight excluding hydrogens is 220 g/mol.